The zero-order chi connectivity index (χ0) is 20.5. The number of benzene rings is 2. The minimum Gasteiger partial charge on any atom is -0.300 e. The average Bonchev–Trinajstić information content (AvgIpc) is 3.05. The van der Waals surface area contributed by atoms with E-state index < -0.39 is 0 Å². The minimum absolute atomic E-state index is 0.182. The average molecular weight is 473 g/mol. The Morgan fingerprint density at radius 3 is 2.76 bits per heavy atom. The smallest absolute Gasteiger partial charge is 0.261 e. The highest BCUT2D eigenvalue weighted by molar-refractivity contribution is 9.10. The van der Waals surface area contributed by atoms with Crippen LogP contribution < -0.4 is 10.9 Å². The van der Waals surface area contributed by atoms with E-state index >= 15 is 0 Å². The van der Waals surface area contributed by atoms with E-state index in [4.69, 9.17) is 0 Å². The van der Waals surface area contributed by atoms with Crippen molar-refractivity contribution in [2.75, 3.05) is 5.32 Å². The zero-order valence-electron chi connectivity index (χ0n) is 15.1. The highest BCUT2D eigenvalue weighted by Crippen LogP contribution is 2.30. The van der Waals surface area contributed by atoms with Crippen LogP contribution in [0.25, 0.3) is 22.2 Å². The van der Waals surface area contributed by atoms with Gasteiger partial charge in [-0.2, -0.15) is 0 Å². The summed E-state index contributed by atoms with van der Waals surface area (Å²) in [6.07, 6.45) is 1.36. The Bertz CT molecular complexity index is 1280. The van der Waals surface area contributed by atoms with Gasteiger partial charge in [-0.15, -0.1) is 11.3 Å². The van der Waals surface area contributed by atoms with Gasteiger partial charge in [0.25, 0.3) is 5.56 Å². The number of hydrogen-bond acceptors (Lipinski definition) is 5. The monoisotopic (exact) mass is 472 g/mol. The molecule has 6 nitrogen and oxygen atoms in total. The molecule has 0 spiro atoms. The van der Waals surface area contributed by atoms with Crippen molar-refractivity contribution in [3.05, 3.63) is 74.3 Å². The summed E-state index contributed by atoms with van der Waals surface area (Å²) in [5.41, 5.74) is 1.71. The van der Waals surface area contributed by atoms with Gasteiger partial charge in [-0.1, -0.05) is 15.9 Å². The van der Waals surface area contributed by atoms with E-state index in [2.05, 4.69) is 31.2 Å². The van der Waals surface area contributed by atoms with Gasteiger partial charge in [-0.25, -0.2) is 14.4 Å². The summed E-state index contributed by atoms with van der Waals surface area (Å²) in [5.74, 6) is -0.709. The molecule has 0 saturated heterocycles. The summed E-state index contributed by atoms with van der Waals surface area (Å²) >= 11 is 4.65. The van der Waals surface area contributed by atoms with Gasteiger partial charge in [0, 0.05) is 14.9 Å². The Labute approximate surface area is 177 Å². The van der Waals surface area contributed by atoms with E-state index in [1.165, 1.54) is 34.4 Å². The second-order valence-electron chi connectivity index (χ2n) is 6.32. The molecule has 2 aromatic heterocycles. The molecule has 0 saturated carbocycles. The summed E-state index contributed by atoms with van der Waals surface area (Å²) in [6.45, 7) is 1.69. The number of rotatable bonds is 4. The predicted molar refractivity (Wildman–Crippen MR) is 115 cm³/mol. The van der Waals surface area contributed by atoms with E-state index in [0.717, 1.165) is 14.9 Å². The molecule has 0 unspecified atom stereocenters. The first kappa shape index (κ1) is 19.4. The number of hydrogen-bond donors (Lipinski definition) is 1. The summed E-state index contributed by atoms with van der Waals surface area (Å²) in [6, 6.07) is 11.2. The van der Waals surface area contributed by atoms with E-state index in [0.29, 0.717) is 21.7 Å². The lowest BCUT2D eigenvalue weighted by Crippen LogP contribution is -2.27. The number of nitrogens with zero attached hydrogens (tertiary/aromatic N) is 3. The standard InChI is InChI=1S/C20H14BrFN4O2S/c1-11-18(12-2-5-14(22)6-3-12)25-20(29-11)24-17(27)9-26-10-23-16-7-4-13(21)8-15(16)19(26)28/h2-8,10H,9H2,1H3,(H,24,25,27). The zero-order valence-corrected chi connectivity index (χ0v) is 17.6. The summed E-state index contributed by atoms with van der Waals surface area (Å²) in [7, 11) is 0. The van der Waals surface area contributed by atoms with Crippen LogP contribution in [-0.4, -0.2) is 20.4 Å². The molecule has 0 aliphatic rings. The normalized spacial score (nSPS) is 11.0. The Morgan fingerprint density at radius 2 is 2.00 bits per heavy atom. The van der Waals surface area contributed by atoms with E-state index in [1.807, 2.05) is 6.92 Å². The molecule has 0 atom stereocenters. The van der Waals surface area contributed by atoms with Crippen molar-refractivity contribution < 1.29 is 9.18 Å². The number of aryl methyl sites for hydroxylation is 1. The number of aromatic nitrogens is 3. The van der Waals surface area contributed by atoms with Crippen LogP contribution in [-0.2, 0) is 11.3 Å². The van der Waals surface area contributed by atoms with Crippen LogP contribution in [0.15, 0.2) is 58.1 Å². The molecule has 4 aromatic rings. The second kappa shape index (κ2) is 7.84. The lowest BCUT2D eigenvalue weighted by molar-refractivity contribution is -0.116. The number of carbonyl (C=O) groups is 1. The molecule has 1 amide bonds. The van der Waals surface area contributed by atoms with Gasteiger partial charge in [-0.05, 0) is 49.4 Å². The van der Waals surface area contributed by atoms with Crippen LogP contribution in [0.5, 0.6) is 0 Å². The van der Waals surface area contributed by atoms with Crippen molar-refractivity contribution in [1.82, 2.24) is 14.5 Å². The van der Waals surface area contributed by atoms with Crippen molar-refractivity contribution >= 4 is 49.2 Å². The van der Waals surface area contributed by atoms with Crippen molar-refractivity contribution in [3.63, 3.8) is 0 Å². The van der Waals surface area contributed by atoms with Gasteiger partial charge in [0.2, 0.25) is 5.91 Å². The first-order valence-corrected chi connectivity index (χ1v) is 10.2. The number of halogens is 2. The topological polar surface area (TPSA) is 76.9 Å². The number of anilines is 1. The maximum Gasteiger partial charge on any atom is 0.261 e. The number of thiazole rings is 1. The van der Waals surface area contributed by atoms with Crippen molar-refractivity contribution in [3.8, 4) is 11.3 Å². The molecule has 2 heterocycles. The van der Waals surface area contributed by atoms with Gasteiger partial charge in [0.1, 0.15) is 12.4 Å². The molecule has 0 aliphatic carbocycles. The van der Waals surface area contributed by atoms with Crippen molar-refractivity contribution in [2.24, 2.45) is 0 Å². The second-order valence-corrected chi connectivity index (χ2v) is 8.44. The minimum atomic E-state index is -0.386. The van der Waals surface area contributed by atoms with Crippen LogP contribution in [0.1, 0.15) is 4.88 Å². The molecule has 4 rings (SSSR count). The Morgan fingerprint density at radius 1 is 1.24 bits per heavy atom. The molecular weight excluding hydrogens is 459 g/mol. The van der Waals surface area contributed by atoms with Crippen LogP contribution in [0, 0.1) is 12.7 Å². The first-order valence-electron chi connectivity index (χ1n) is 8.58. The molecule has 0 aliphatic heterocycles. The summed E-state index contributed by atoms with van der Waals surface area (Å²) < 4.78 is 15.1. The van der Waals surface area contributed by atoms with Crippen molar-refractivity contribution in [1.29, 1.82) is 0 Å². The fourth-order valence-corrected chi connectivity index (χ4v) is 4.10. The van der Waals surface area contributed by atoms with Gasteiger partial charge >= 0.3 is 0 Å². The fraction of sp³-hybridized carbons (Fsp3) is 0.100. The van der Waals surface area contributed by atoms with E-state index in [-0.39, 0.29) is 23.8 Å². The van der Waals surface area contributed by atoms with Gasteiger partial charge in [0.05, 0.1) is 22.9 Å². The number of nitrogens with one attached hydrogen (secondary N) is 1. The van der Waals surface area contributed by atoms with Crippen molar-refractivity contribution in [2.45, 2.75) is 13.5 Å². The maximum absolute atomic E-state index is 13.1. The number of carbonyl (C=O) groups excluding carboxylic acids is 1. The van der Waals surface area contributed by atoms with Gasteiger partial charge < -0.3 is 5.32 Å². The molecule has 2 aromatic carbocycles. The largest absolute Gasteiger partial charge is 0.300 e. The molecule has 9 heteroatoms. The van der Waals surface area contributed by atoms with Crippen LogP contribution in [0.2, 0.25) is 0 Å². The summed E-state index contributed by atoms with van der Waals surface area (Å²) in [5, 5.41) is 3.56. The molecule has 0 fully saturated rings. The Kier molecular flexibility index (Phi) is 5.25. The van der Waals surface area contributed by atoms with E-state index in [9.17, 15) is 14.0 Å². The lowest BCUT2D eigenvalue weighted by atomic mass is 10.1. The predicted octanol–water partition coefficient (Wildman–Crippen LogP) is 4.37. The van der Waals surface area contributed by atoms with Crippen LogP contribution in [0.4, 0.5) is 9.52 Å². The Balaban J connectivity index is 1.54. The molecule has 0 bridgehead atoms. The third-order valence-corrected chi connectivity index (χ3v) is 5.64. The van der Waals surface area contributed by atoms with Crippen LogP contribution in [0.3, 0.4) is 0 Å². The SMILES string of the molecule is Cc1sc(NC(=O)Cn2cnc3ccc(Br)cc3c2=O)nc1-c1ccc(F)cc1. The van der Waals surface area contributed by atoms with E-state index in [1.54, 1.807) is 30.3 Å². The highest BCUT2D eigenvalue weighted by Gasteiger charge is 2.14. The number of fused-ring (bicyclic) bond motifs is 1. The first-order chi connectivity index (χ1) is 13.9. The summed E-state index contributed by atoms with van der Waals surface area (Å²) in [4.78, 5) is 34.6. The third-order valence-electron chi connectivity index (χ3n) is 4.26. The number of amides is 1. The van der Waals surface area contributed by atoms with Gasteiger partial charge in [-0.3, -0.25) is 14.2 Å². The quantitative estimate of drug-likeness (QED) is 0.478. The molecular formula is C20H14BrFN4O2S. The van der Waals surface area contributed by atoms with Crippen LogP contribution >= 0.6 is 27.3 Å². The molecule has 1 N–H and O–H groups in total. The highest BCUT2D eigenvalue weighted by atomic mass is 79.9. The molecule has 29 heavy (non-hydrogen) atoms. The molecule has 0 radical (unpaired) electrons. The molecule has 146 valence electrons. The third kappa shape index (κ3) is 4.10. The van der Waals surface area contributed by atoms with Gasteiger partial charge in [0.15, 0.2) is 5.13 Å². The Hall–Kier alpha value is -2.91. The fourth-order valence-electron chi connectivity index (χ4n) is 2.88. The lowest BCUT2D eigenvalue weighted by Gasteiger charge is -2.06. The maximum atomic E-state index is 13.1.